The topological polar surface area (TPSA) is 15.3 Å². The summed E-state index contributed by atoms with van der Waals surface area (Å²) in [5.74, 6) is 1.07. The molecule has 4 rings (SSSR count). The van der Waals surface area contributed by atoms with Gasteiger partial charge in [-0.3, -0.25) is 0 Å². The van der Waals surface area contributed by atoms with Crippen molar-refractivity contribution in [2.45, 2.75) is 17.9 Å². The fourth-order valence-electron chi connectivity index (χ4n) is 3.92. The van der Waals surface area contributed by atoms with Crippen molar-refractivity contribution >= 4 is 37.5 Å². The summed E-state index contributed by atoms with van der Waals surface area (Å²) < 4.78 is 2.31. The Kier molecular flexibility index (Phi) is 3.79. The molecule has 0 aliphatic carbocycles. The molecule has 2 aromatic carbocycles. The van der Waals surface area contributed by atoms with Crippen molar-refractivity contribution in [3.63, 3.8) is 0 Å². The van der Waals surface area contributed by atoms with E-state index in [0.29, 0.717) is 17.9 Å². The van der Waals surface area contributed by atoms with Crippen LogP contribution in [0.1, 0.15) is 23.0 Å². The molecule has 1 fully saturated rings. The van der Waals surface area contributed by atoms with E-state index in [1.54, 1.807) is 0 Å². The second-order valence-electron chi connectivity index (χ2n) is 6.39. The summed E-state index contributed by atoms with van der Waals surface area (Å²) >= 11 is 7.16. The van der Waals surface area contributed by atoms with E-state index >= 15 is 0 Å². The highest BCUT2D eigenvalue weighted by Gasteiger charge is 2.42. The van der Waals surface area contributed by atoms with Crippen LogP contribution in [0.5, 0.6) is 0 Å². The lowest BCUT2D eigenvalue weighted by Gasteiger charge is -2.39. The fraction of sp³-hybridized carbons (Fsp3) is 0.333. The number of rotatable bonds is 1. The van der Waals surface area contributed by atoms with Gasteiger partial charge in [0.15, 0.2) is 0 Å². The van der Waals surface area contributed by atoms with Crippen LogP contribution in [0.4, 0.5) is 5.69 Å². The molecule has 1 saturated heterocycles. The van der Waals surface area contributed by atoms with Gasteiger partial charge in [-0.2, -0.15) is 0 Å². The molecule has 0 radical (unpaired) electrons. The summed E-state index contributed by atoms with van der Waals surface area (Å²) in [6.45, 7) is 2.22. The predicted molar refractivity (Wildman–Crippen MR) is 98.7 cm³/mol. The second-order valence-corrected chi connectivity index (χ2v) is 8.22. The number of hydrogen-bond acceptors (Lipinski definition) is 2. The minimum Gasteiger partial charge on any atom is -0.381 e. The van der Waals surface area contributed by atoms with E-state index in [2.05, 4.69) is 91.6 Å². The zero-order chi connectivity index (χ0) is 15.3. The van der Waals surface area contributed by atoms with Gasteiger partial charge >= 0.3 is 0 Å². The molecule has 0 aromatic heterocycles. The van der Waals surface area contributed by atoms with E-state index in [1.807, 2.05) is 0 Å². The first kappa shape index (κ1) is 14.7. The van der Waals surface area contributed by atoms with E-state index in [4.69, 9.17) is 0 Å². The third kappa shape index (κ3) is 2.51. The number of nitrogens with one attached hydrogen (secondary N) is 1. The van der Waals surface area contributed by atoms with Gasteiger partial charge in [-0.15, -0.1) is 0 Å². The maximum atomic E-state index is 3.79. The van der Waals surface area contributed by atoms with Crippen LogP contribution in [-0.4, -0.2) is 31.1 Å². The van der Waals surface area contributed by atoms with Gasteiger partial charge in [0, 0.05) is 45.6 Å². The molecule has 1 N–H and O–H groups in total. The number of likely N-dealkylation sites (N-methyl/N-ethyl adjacent to an activating group) is 1. The molecule has 2 nitrogen and oxygen atoms in total. The third-order valence-electron chi connectivity index (χ3n) is 4.92. The molecular formula is C18H18Br2N2. The summed E-state index contributed by atoms with van der Waals surface area (Å²) in [6, 6.07) is 15.9. The Hall–Kier alpha value is -0.840. The Balaban J connectivity index is 1.72. The number of fused-ring (bicyclic) bond motifs is 3. The normalized spacial score (nSPS) is 27.1. The molecule has 114 valence electrons. The Morgan fingerprint density at radius 2 is 1.64 bits per heavy atom. The van der Waals surface area contributed by atoms with E-state index < -0.39 is 0 Å². The number of nitrogens with zero attached hydrogens (tertiary/aromatic N) is 1. The summed E-state index contributed by atoms with van der Waals surface area (Å²) in [7, 11) is 2.23. The highest BCUT2D eigenvalue weighted by atomic mass is 79.9. The van der Waals surface area contributed by atoms with Crippen LogP contribution in [0.15, 0.2) is 51.4 Å². The Labute approximate surface area is 148 Å². The number of piperidine rings is 1. The number of halogens is 2. The van der Waals surface area contributed by atoms with E-state index in [0.717, 1.165) is 17.6 Å². The molecular weight excluding hydrogens is 404 g/mol. The minimum absolute atomic E-state index is 0.488. The first-order chi connectivity index (χ1) is 10.6. The Bertz CT molecular complexity index is 699. The van der Waals surface area contributed by atoms with Crippen LogP contribution in [0.25, 0.3) is 0 Å². The van der Waals surface area contributed by atoms with Gasteiger partial charge in [-0.25, -0.2) is 0 Å². The average Bonchev–Trinajstić information content (AvgIpc) is 2.85. The molecule has 2 aliphatic rings. The molecule has 2 heterocycles. The number of likely N-dealkylation sites (tertiary alicyclic amines) is 1. The number of anilines is 1. The van der Waals surface area contributed by atoms with Gasteiger partial charge in [0.1, 0.15) is 0 Å². The van der Waals surface area contributed by atoms with Gasteiger partial charge in [0.05, 0.1) is 0 Å². The highest BCUT2D eigenvalue weighted by molar-refractivity contribution is 9.10. The third-order valence-corrected chi connectivity index (χ3v) is 5.94. The van der Waals surface area contributed by atoms with Crippen LogP contribution >= 0.6 is 31.9 Å². The van der Waals surface area contributed by atoms with Gasteiger partial charge in [-0.1, -0.05) is 44.0 Å². The minimum atomic E-state index is 0.488. The quantitative estimate of drug-likeness (QED) is 0.710. The molecule has 2 aromatic rings. The van der Waals surface area contributed by atoms with Crippen molar-refractivity contribution in [3.05, 3.63) is 62.5 Å². The average molecular weight is 422 g/mol. The van der Waals surface area contributed by atoms with Crippen LogP contribution in [-0.2, 0) is 0 Å². The summed E-state index contributed by atoms with van der Waals surface area (Å²) in [4.78, 5) is 2.46. The SMILES string of the molecule is CN1CC(c2ccc(Br)cc2)[C@H]2Nc3ccc(Br)cc3[C@@H]2C1. The van der Waals surface area contributed by atoms with E-state index in [9.17, 15) is 0 Å². The summed E-state index contributed by atoms with van der Waals surface area (Å²) in [5, 5.41) is 3.79. The Morgan fingerprint density at radius 1 is 0.955 bits per heavy atom. The molecule has 3 atom stereocenters. The lowest BCUT2D eigenvalue weighted by atomic mass is 9.79. The van der Waals surface area contributed by atoms with Crippen molar-refractivity contribution in [1.29, 1.82) is 0 Å². The van der Waals surface area contributed by atoms with Crippen LogP contribution in [0, 0.1) is 0 Å². The van der Waals surface area contributed by atoms with Crippen molar-refractivity contribution in [2.24, 2.45) is 0 Å². The summed E-state index contributed by atoms with van der Waals surface area (Å²) in [6.07, 6.45) is 0. The van der Waals surface area contributed by atoms with Crippen molar-refractivity contribution in [3.8, 4) is 0 Å². The molecule has 22 heavy (non-hydrogen) atoms. The largest absolute Gasteiger partial charge is 0.381 e. The van der Waals surface area contributed by atoms with Gasteiger partial charge < -0.3 is 10.2 Å². The molecule has 0 bridgehead atoms. The maximum absolute atomic E-state index is 3.79. The van der Waals surface area contributed by atoms with Crippen molar-refractivity contribution < 1.29 is 0 Å². The lowest BCUT2D eigenvalue weighted by molar-refractivity contribution is 0.217. The molecule has 0 saturated carbocycles. The van der Waals surface area contributed by atoms with Crippen LogP contribution in [0.3, 0.4) is 0 Å². The predicted octanol–water partition coefficient (Wildman–Crippen LogP) is 4.82. The standard InChI is InChI=1S/C18H18Br2N2/c1-22-9-15(11-2-4-12(19)5-3-11)18-16(10-22)14-8-13(20)6-7-17(14)21-18/h2-8,15-16,18,21H,9-10H2,1H3/t15?,16-,18+/m0/s1. The van der Waals surface area contributed by atoms with Gasteiger partial charge in [-0.05, 0) is 48.5 Å². The molecule has 0 amide bonds. The fourth-order valence-corrected chi connectivity index (χ4v) is 4.56. The zero-order valence-corrected chi connectivity index (χ0v) is 15.6. The van der Waals surface area contributed by atoms with Crippen LogP contribution < -0.4 is 5.32 Å². The first-order valence-corrected chi connectivity index (χ1v) is 9.20. The van der Waals surface area contributed by atoms with Crippen molar-refractivity contribution in [2.75, 3.05) is 25.5 Å². The van der Waals surface area contributed by atoms with Crippen LogP contribution in [0.2, 0.25) is 0 Å². The number of benzene rings is 2. The second kappa shape index (κ2) is 5.66. The van der Waals surface area contributed by atoms with Gasteiger partial charge in [0.25, 0.3) is 0 Å². The van der Waals surface area contributed by atoms with E-state index in [-0.39, 0.29) is 0 Å². The highest BCUT2D eigenvalue weighted by Crippen LogP contribution is 2.45. The Morgan fingerprint density at radius 3 is 2.41 bits per heavy atom. The monoisotopic (exact) mass is 420 g/mol. The smallest absolute Gasteiger partial charge is 0.0423 e. The van der Waals surface area contributed by atoms with Crippen molar-refractivity contribution in [1.82, 2.24) is 4.90 Å². The molecule has 2 aliphatic heterocycles. The van der Waals surface area contributed by atoms with Gasteiger partial charge in [0.2, 0.25) is 0 Å². The lowest BCUT2D eigenvalue weighted by Crippen LogP contribution is -2.45. The molecule has 1 unspecified atom stereocenters. The number of hydrogen-bond donors (Lipinski definition) is 1. The molecule has 0 spiro atoms. The zero-order valence-electron chi connectivity index (χ0n) is 12.4. The molecule has 4 heteroatoms. The van der Waals surface area contributed by atoms with E-state index in [1.165, 1.54) is 21.3 Å². The first-order valence-electron chi connectivity index (χ1n) is 7.62. The maximum Gasteiger partial charge on any atom is 0.0423 e. The summed E-state index contributed by atoms with van der Waals surface area (Å²) in [5.41, 5.74) is 4.17.